The molecular weight excluding hydrogens is 256 g/mol. The van der Waals surface area contributed by atoms with Gasteiger partial charge in [0.05, 0.1) is 14.2 Å². The first-order valence-corrected chi connectivity index (χ1v) is 5.68. The summed E-state index contributed by atoms with van der Waals surface area (Å²) in [5.41, 5.74) is 0.558. The fraction of sp³-hybridized carbons (Fsp3) is 0.231. The van der Waals surface area contributed by atoms with Gasteiger partial charge in [0.25, 0.3) is 0 Å². The summed E-state index contributed by atoms with van der Waals surface area (Å²) in [4.78, 5) is 0. The molecule has 0 saturated heterocycles. The maximum atomic E-state index is 10.2. The number of benzene rings is 1. The van der Waals surface area contributed by atoms with Crippen molar-refractivity contribution in [3.8, 4) is 11.5 Å². The summed E-state index contributed by atoms with van der Waals surface area (Å²) >= 11 is 5.69. The lowest BCUT2D eigenvalue weighted by atomic mass is 10.1. The highest BCUT2D eigenvalue weighted by atomic mass is 35.5. The smallest absolute Gasteiger partial charge is 0.193 e. The topological polar surface area (TPSA) is 51.8 Å². The molecule has 2 aromatic rings. The van der Waals surface area contributed by atoms with Crippen molar-refractivity contribution < 1.29 is 19.0 Å². The molecule has 0 radical (unpaired) electrons. The Kier molecular flexibility index (Phi) is 3.79. The van der Waals surface area contributed by atoms with E-state index in [-0.39, 0.29) is 5.22 Å². The Labute approximate surface area is 110 Å². The minimum absolute atomic E-state index is 0.228. The fourth-order valence-electron chi connectivity index (χ4n) is 1.68. The molecule has 0 bridgehead atoms. The first kappa shape index (κ1) is 12.8. The van der Waals surface area contributed by atoms with E-state index in [1.54, 1.807) is 37.4 Å². The van der Waals surface area contributed by atoms with E-state index in [0.717, 1.165) is 0 Å². The van der Waals surface area contributed by atoms with Crippen molar-refractivity contribution in [2.75, 3.05) is 14.2 Å². The van der Waals surface area contributed by atoms with E-state index in [1.807, 2.05) is 0 Å². The van der Waals surface area contributed by atoms with Crippen molar-refractivity contribution in [1.29, 1.82) is 0 Å². The zero-order valence-electron chi connectivity index (χ0n) is 10.0. The summed E-state index contributed by atoms with van der Waals surface area (Å²) in [5, 5.41) is 10.5. The van der Waals surface area contributed by atoms with Crippen LogP contribution >= 0.6 is 11.6 Å². The maximum Gasteiger partial charge on any atom is 0.193 e. The average molecular weight is 269 g/mol. The standard InChI is InChI=1S/C13H13ClO4/c1-16-8-3-4-10(17-2)9(7-8)13(15)11-5-6-12(14)18-11/h3-7,13,15H,1-2H3. The van der Waals surface area contributed by atoms with Crippen LogP contribution in [0.3, 0.4) is 0 Å². The van der Waals surface area contributed by atoms with Crippen LogP contribution in [0.4, 0.5) is 0 Å². The number of furan rings is 1. The molecule has 0 aliphatic carbocycles. The van der Waals surface area contributed by atoms with Gasteiger partial charge in [0.1, 0.15) is 23.4 Å². The largest absolute Gasteiger partial charge is 0.497 e. The van der Waals surface area contributed by atoms with Crippen LogP contribution in [0.1, 0.15) is 17.4 Å². The summed E-state index contributed by atoms with van der Waals surface area (Å²) in [6, 6.07) is 8.37. The van der Waals surface area contributed by atoms with E-state index in [1.165, 1.54) is 7.11 Å². The van der Waals surface area contributed by atoms with Gasteiger partial charge in [-0.15, -0.1) is 0 Å². The predicted molar refractivity (Wildman–Crippen MR) is 67.3 cm³/mol. The van der Waals surface area contributed by atoms with Crippen molar-refractivity contribution in [1.82, 2.24) is 0 Å². The van der Waals surface area contributed by atoms with Crippen LogP contribution in [0, 0.1) is 0 Å². The third-order valence-corrected chi connectivity index (χ3v) is 2.80. The first-order valence-electron chi connectivity index (χ1n) is 5.31. The molecule has 1 aromatic heterocycles. The van der Waals surface area contributed by atoms with E-state index in [4.69, 9.17) is 25.5 Å². The molecule has 1 heterocycles. The van der Waals surface area contributed by atoms with Gasteiger partial charge in [0, 0.05) is 5.56 Å². The third kappa shape index (κ3) is 2.44. The Morgan fingerprint density at radius 2 is 1.94 bits per heavy atom. The number of methoxy groups -OCH3 is 2. The second-order valence-electron chi connectivity index (χ2n) is 3.65. The van der Waals surface area contributed by atoms with Gasteiger partial charge in [-0.2, -0.15) is 0 Å². The molecule has 5 heteroatoms. The molecular formula is C13H13ClO4. The molecule has 1 atom stereocenters. The Balaban J connectivity index is 2.41. The van der Waals surface area contributed by atoms with E-state index in [2.05, 4.69) is 0 Å². The predicted octanol–water partition coefficient (Wildman–Crippen LogP) is 3.03. The molecule has 0 saturated carbocycles. The zero-order chi connectivity index (χ0) is 13.1. The molecule has 1 N–H and O–H groups in total. The number of aliphatic hydroxyl groups is 1. The molecule has 1 unspecified atom stereocenters. The van der Waals surface area contributed by atoms with Crippen LogP contribution in [0.5, 0.6) is 11.5 Å². The molecule has 4 nitrogen and oxygen atoms in total. The SMILES string of the molecule is COc1ccc(OC)c(C(O)c2ccc(Cl)o2)c1. The maximum absolute atomic E-state index is 10.2. The summed E-state index contributed by atoms with van der Waals surface area (Å²) in [7, 11) is 3.09. The summed E-state index contributed by atoms with van der Waals surface area (Å²) in [6.45, 7) is 0. The van der Waals surface area contributed by atoms with Crippen molar-refractivity contribution >= 4 is 11.6 Å². The van der Waals surface area contributed by atoms with Crippen LogP contribution < -0.4 is 9.47 Å². The van der Waals surface area contributed by atoms with E-state index < -0.39 is 6.10 Å². The highest BCUT2D eigenvalue weighted by molar-refractivity contribution is 6.28. The second-order valence-corrected chi connectivity index (χ2v) is 4.02. The van der Waals surface area contributed by atoms with E-state index >= 15 is 0 Å². The highest BCUT2D eigenvalue weighted by Crippen LogP contribution is 2.34. The monoisotopic (exact) mass is 268 g/mol. The van der Waals surface area contributed by atoms with Crippen LogP contribution in [0.25, 0.3) is 0 Å². The molecule has 0 aliphatic heterocycles. The van der Waals surface area contributed by atoms with Gasteiger partial charge < -0.3 is 19.0 Å². The van der Waals surface area contributed by atoms with Gasteiger partial charge in [-0.3, -0.25) is 0 Å². The van der Waals surface area contributed by atoms with Crippen LogP contribution in [0.2, 0.25) is 5.22 Å². The van der Waals surface area contributed by atoms with Crippen molar-refractivity contribution in [3.63, 3.8) is 0 Å². The van der Waals surface area contributed by atoms with Gasteiger partial charge in [-0.1, -0.05) is 0 Å². The Morgan fingerprint density at radius 1 is 1.17 bits per heavy atom. The van der Waals surface area contributed by atoms with Gasteiger partial charge in [0.2, 0.25) is 0 Å². The van der Waals surface area contributed by atoms with E-state index in [9.17, 15) is 5.11 Å². The summed E-state index contributed by atoms with van der Waals surface area (Å²) in [5.74, 6) is 1.53. The Hall–Kier alpha value is -1.65. The minimum atomic E-state index is -0.956. The summed E-state index contributed by atoms with van der Waals surface area (Å²) < 4.78 is 15.5. The molecule has 0 aliphatic rings. The molecule has 96 valence electrons. The molecule has 18 heavy (non-hydrogen) atoms. The van der Waals surface area contributed by atoms with E-state index in [0.29, 0.717) is 22.8 Å². The lowest BCUT2D eigenvalue weighted by molar-refractivity contribution is 0.184. The summed E-state index contributed by atoms with van der Waals surface area (Å²) in [6.07, 6.45) is -0.956. The number of hydrogen-bond donors (Lipinski definition) is 1. The molecule has 0 amide bonds. The third-order valence-electron chi connectivity index (χ3n) is 2.59. The van der Waals surface area contributed by atoms with Crippen LogP contribution in [-0.2, 0) is 0 Å². The number of aliphatic hydroxyl groups excluding tert-OH is 1. The van der Waals surface area contributed by atoms with Crippen LogP contribution in [0.15, 0.2) is 34.7 Å². The highest BCUT2D eigenvalue weighted by Gasteiger charge is 2.19. The zero-order valence-corrected chi connectivity index (χ0v) is 10.8. The quantitative estimate of drug-likeness (QED) is 0.926. The number of halogens is 1. The Morgan fingerprint density at radius 3 is 2.50 bits per heavy atom. The number of rotatable bonds is 4. The normalized spacial score (nSPS) is 12.2. The molecule has 0 spiro atoms. The van der Waals surface area contributed by atoms with Gasteiger partial charge in [-0.05, 0) is 41.9 Å². The van der Waals surface area contributed by atoms with Crippen molar-refractivity contribution in [2.45, 2.75) is 6.10 Å². The lowest BCUT2D eigenvalue weighted by Gasteiger charge is -2.14. The lowest BCUT2D eigenvalue weighted by Crippen LogP contribution is -2.02. The second kappa shape index (κ2) is 5.33. The first-order chi connectivity index (χ1) is 8.65. The van der Waals surface area contributed by atoms with Gasteiger partial charge >= 0.3 is 0 Å². The Bertz CT molecular complexity index is 536. The minimum Gasteiger partial charge on any atom is -0.497 e. The molecule has 2 rings (SSSR count). The molecule has 0 fully saturated rings. The molecule has 1 aromatic carbocycles. The number of hydrogen-bond acceptors (Lipinski definition) is 4. The van der Waals surface area contributed by atoms with Crippen molar-refractivity contribution in [2.24, 2.45) is 0 Å². The van der Waals surface area contributed by atoms with Gasteiger partial charge in [-0.25, -0.2) is 0 Å². The van der Waals surface area contributed by atoms with Gasteiger partial charge in [0.15, 0.2) is 5.22 Å². The average Bonchev–Trinajstić information content (AvgIpc) is 2.83. The van der Waals surface area contributed by atoms with Crippen LogP contribution in [-0.4, -0.2) is 19.3 Å². The fourth-order valence-corrected chi connectivity index (χ4v) is 1.83. The number of ether oxygens (including phenoxy) is 2. The van der Waals surface area contributed by atoms with Crippen molar-refractivity contribution in [3.05, 3.63) is 46.9 Å².